The summed E-state index contributed by atoms with van der Waals surface area (Å²) in [6.45, 7) is 0.353. The number of nitrogens with zero attached hydrogens (tertiary/aromatic N) is 2. The van der Waals surface area contributed by atoms with E-state index in [0.29, 0.717) is 18.8 Å². The second-order valence-electron chi connectivity index (χ2n) is 7.90. The maximum atomic E-state index is 13.0. The largest absolute Gasteiger partial charge is 0.484 e. The van der Waals surface area contributed by atoms with E-state index in [1.807, 2.05) is 0 Å². The van der Waals surface area contributed by atoms with Gasteiger partial charge in [0.2, 0.25) is 10.0 Å². The number of halogens is 3. The average Bonchev–Trinajstić information content (AvgIpc) is 2.77. The summed E-state index contributed by atoms with van der Waals surface area (Å²) in [7, 11) is -0.233. The SMILES string of the molecule is CN(C)c1ccc(S(=O)(=O)N2CCCCC2)cc1NC(=O)COc1cccc(C(F)(F)F)c1. The van der Waals surface area contributed by atoms with Crippen molar-refractivity contribution in [1.29, 1.82) is 0 Å². The second-order valence-corrected chi connectivity index (χ2v) is 9.84. The van der Waals surface area contributed by atoms with E-state index < -0.39 is 34.3 Å². The van der Waals surface area contributed by atoms with Crippen LogP contribution < -0.4 is 15.0 Å². The van der Waals surface area contributed by atoms with Gasteiger partial charge in [-0.1, -0.05) is 12.5 Å². The normalized spacial score (nSPS) is 15.2. The van der Waals surface area contributed by atoms with Crippen LogP contribution in [0.2, 0.25) is 0 Å². The van der Waals surface area contributed by atoms with E-state index in [1.165, 1.54) is 28.6 Å². The van der Waals surface area contributed by atoms with Crippen LogP contribution in [0.1, 0.15) is 24.8 Å². The van der Waals surface area contributed by atoms with Crippen molar-refractivity contribution in [3.05, 3.63) is 48.0 Å². The minimum Gasteiger partial charge on any atom is -0.484 e. The molecule has 0 saturated carbocycles. The first-order chi connectivity index (χ1) is 15.5. The maximum absolute atomic E-state index is 13.0. The van der Waals surface area contributed by atoms with E-state index in [2.05, 4.69) is 5.32 Å². The summed E-state index contributed by atoms with van der Waals surface area (Å²) < 4.78 is 71.2. The van der Waals surface area contributed by atoms with Crippen molar-refractivity contribution in [1.82, 2.24) is 4.31 Å². The standard InChI is InChI=1S/C22H26F3N3O4S/c1-27(2)20-10-9-18(33(30,31)28-11-4-3-5-12-28)14-19(20)26-21(29)15-32-17-8-6-7-16(13-17)22(23,24)25/h6-10,13-14H,3-5,11-12,15H2,1-2H3,(H,26,29). The van der Waals surface area contributed by atoms with Crippen LogP contribution in [0.15, 0.2) is 47.4 Å². The van der Waals surface area contributed by atoms with E-state index in [9.17, 15) is 26.4 Å². The number of piperidine rings is 1. The molecular formula is C22H26F3N3O4S. The Kier molecular flexibility index (Phi) is 7.53. The number of alkyl halides is 3. The number of hydrogen-bond acceptors (Lipinski definition) is 5. The number of amides is 1. The zero-order valence-electron chi connectivity index (χ0n) is 18.4. The van der Waals surface area contributed by atoms with Gasteiger partial charge in [0.25, 0.3) is 5.91 Å². The van der Waals surface area contributed by atoms with Crippen LogP contribution >= 0.6 is 0 Å². The summed E-state index contributed by atoms with van der Waals surface area (Å²) >= 11 is 0. The van der Waals surface area contributed by atoms with Crippen molar-refractivity contribution < 1.29 is 31.1 Å². The zero-order valence-corrected chi connectivity index (χ0v) is 19.2. The van der Waals surface area contributed by atoms with Gasteiger partial charge in [0.1, 0.15) is 5.75 Å². The van der Waals surface area contributed by atoms with Gasteiger partial charge in [-0.25, -0.2) is 8.42 Å². The molecule has 1 saturated heterocycles. The average molecular weight is 486 g/mol. The van der Waals surface area contributed by atoms with Gasteiger partial charge in [-0.3, -0.25) is 4.79 Å². The van der Waals surface area contributed by atoms with Crippen molar-refractivity contribution in [2.24, 2.45) is 0 Å². The van der Waals surface area contributed by atoms with Crippen LogP contribution in [-0.2, 0) is 21.0 Å². The van der Waals surface area contributed by atoms with Gasteiger partial charge in [-0.05, 0) is 49.2 Å². The first-order valence-corrected chi connectivity index (χ1v) is 11.8. The fourth-order valence-electron chi connectivity index (χ4n) is 3.52. The summed E-state index contributed by atoms with van der Waals surface area (Å²) in [6.07, 6.45) is -1.95. The van der Waals surface area contributed by atoms with Gasteiger partial charge in [-0.2, -0.15) is 17.5 Å². The molecule has 1 aliphatic heterocycles. The molecule has 0 atom stereocenters. The number of sulfonamides is 1. The Morgan fingerprint density at radius 3 is 2.42 bits per heavy atom. The molecule has 0 radical (unpaired) electrons. The molecule has 0 bridgehead atoms. The fourth-order valence-corrected chi connectivity index (χ4v) is 5.06. The third kappa shape index (κ3) is 6.17. The van der Waals surface area contributed by atoms with Crippen LogP contribution in [-0.4, -0.2) is 52.4 Å². The third-order valence-electron chi connectivity index (χ3n) is 5.21. The molecule has 3 rings (SSSR count). The summed E-state index contributed by atoms with van der Waals surface area (Å²) in [5.74, 6) is -0.739. The molecule has 1 heterocycles. The molecular weight excluding hydrogens is 459 g/mol. The van der Waals surface area contributed by atoms with Crippen molar-refractivity contribution >= 4 is 27.3 Å². The highest BCUT2D eigenvalue weighted by Crippen LogP contribution is 2.32. The van der Waals surface area contributed by atoms with Gasteiger partial charge in [-0.15, -0.1) is 0 Å². The second kappa shape index (κ2) is 10.0. The zero-order chi connectivity index (χ0) is 24.2. The van der Waals surface area contributed by atoms with Crippen LogP contribution in [0.4, 0.5) is 24.5 Å². The van der Waals surface area contributed by atoms with E-state index in [1.54, 1.807) is 25.1 Å². The molecule has 1 amide bonds. The topological polar surface area (TPSA) is 79.0 Å². The van der Waals surface area contributed by atoms with Gasteiger partial charge in [0.05, 0.1) is 21.8 Å². The Hall–Kier alpha value is -2.79. The molecule has 1 N–H and O–H groups in total. The number of benzene rings is 2. The van der Waals surface area contributed by atoms with E-state index in [-0.39, 0.29) is 16.3 Å². The van der Waals surface area contributed by atoms with Crippen molar-refractivity contribution in [3.63, 3.8) is 0 Å². The minimum atomic E-state index is -4.53. The Bertz CT molecular complexity index is 1100. The first kappa shape index (κ1) is 24.8. The molecule has 0 aliphatic carbocycles. The van der Waals surface area contributed by atoms with Crippen LogP contribution in [0.3, 0.4) is 0 Å². The van der Waals surface area contributed by atoms with E-state index in [4.69, 9.17) is 4.74 Å². The lowest BCUT2D eigenvalue weighted by atomic mass is 10.2. The number of carbonyl (C=O) groups excluding carboxylic acids is 1. The Morgan fingerprint density at radius 2 is 1.79 bits per heavy atom. The number of hydrogen-bond donors (Lipinski definition) is 1. The number of ether oxygens (including phenoxy) is 1. The van der Waals surface area contributed by atoms with Crippen molar-refractivity contribution in [2.75, 3.05) is 44.0 Å². The van der Waals surface area contributed by atoms with E-state index in [0.717, 1.165) is 31.4 Å². The molecule has 2 aromatic rings. The third-order valence-corrected chi connectivity index (χ3v) is 7.10. The van der Waals surface area contributed by atoms with Crippen molar-refractivity contribution in [2.45, 2.75) is 30.3 Å². The molecule has 1 fully saturated rings. The quantitative estimate of drug-likeness (QED) is 0.642. The lowest BCUT2D eigenvalue weighted by Gasteiger charge is -2.26. The van der Waals surface area contributed by atoms with Gasteiger partial charge >= 0.3 is 6.18 Å². The summed E-state index contributed by atoms with van der Waals surface area (Å²) in [6, 6.07) is 8.71. The lowest BCUT2D eigenvalue weighted by Crippen LogP contribution is -2.35. The molecule has 7 nitrogen and oxygen atoms in total. The Labute approximate surface area is 191 Å². The van der Waals surface area contributed by atoms with Crippen molar-refractivity contribution in [3.8, 4) is 5.75 Å². The molecule has 1 aliphatic rings. The predicted octanol–water partition coefficient (Wildman–Crippen LogP) is 3.96. The van der Waals surface area contributed by atoms with Crippen LogP contribution in [0.5, 0.6) is 5.75 Å². The number of rotatable bonds is 7. The van der Waals surface area contributed by atoms with Crippen LogP contribution in [0.25, 0.3) is 0 Å². The number of nitrogens with one attached hydrogen (secondary N) is 1. The number of anilines is 2. The molecule has 180 valence electrons. The highest BCUT2D eigenvalue weighted by molar-refractivity contribution is 7.89. The highest BCUT2D eigenvalue weighted by atomic mass is 32.2. The Morgan fingerprint density at radius 1 is 1.09 bits per heavy atom. The lowest BCUT2D eigenvalue weighted by molar-refractivity contribution is -0.137. The molecule has 0 spiro atoms. The summed E-state index contributed by atoms with van der Waals surface area (Å²) in [4.78, 5) is 14.2. The Balaban J connectivity index is 1.76. The van der Waals surface area contributed by atoms with E-state index >= 15 is 0 Å². The van der Waals surface area contributed by atoms with Gasteiger partial charge < -0.3 is 15.0 Å². The number of carbonyl (C=O) groups is 1. The molecule has 11 heteroatoms. The summed E-state index contributed by atoms with van der Waals surface area (Å²) in [5.41, 5.74) is -0.0540. The smallest absolute Gasteiger partial charge is 0.416 e. The molecule has 0 unspecified atom stereocenters. The molecule has 2 aromatic carbocycles. The van der Waals surface area contributed by atoms with Crippen LogP contribution in [0, 0.1) is 0 Å². The fraction of sp³-hybridized carbons (Fsp3) is 0.409. The molecule has 33 heavy (non-hydrogen) atoms. The molecule has 0 aromatic heterocycles. The summed E-state index contributed by atoms with van der Waals surface area (Å²) in [5, 5.41) is 2.61. The predicted molar refractivity (Wildman–Crippen MR) is 119 cm³/mol. The van der Waals surface area contributed by atoms with Gasteiger partial charge in [0.15, 0.2) is 6.61 Å². The highest BCUT2D eigenvalue weighted by Gasteiger charge is 2.31. The monoisotopic (exact) mass is 485 g/mol. The van der Waals surface area contributed by atoms with Gasteiger partial charge in [0, 0.05) is 27.2 Å². The maximum Gasteiger partial charge on any atom is 0.416 e. The minimum absolute atomic E-state index is 0.0593. The first-order valence-electron chi connectivity index (χ1n) is 10.4.